The van der Waals surface area contributed by atoms with Crippen LogP contribution >= 0.6 is 0 Å². The molecule has 1 fully saturated rings. The Balaban J connectivity index is 1.58. The quantitative estimate of drug-likeness (QED) is 0.376. The summed E-state index contributed by atoms with van der Waals surface area (Å²) < 4.78 is 29.3. The molecule has 2 heterocycles. The number of hydrogen-bond donors (Lipinski definition) is 1. The fraction of sp³-hybridized carbons (Fsp3) is 0.207. The highest BCUT2D eigenvalue weighted by molar-refractivity contribution is 7.89. The molecule has 1 saturated heterocycles. The molecule has 1 N–H and O–H groups in total. The number of sulfonamides is 1. The zero-order valence-corrected chi connectivity index (χ0v) is 21.0. The number of benzene rings is 3. The third-order valence-electron chi connectivity index (χ3n) is 6.81. The van der Waals surface area contributed by atoms with Crippen LogP contribution in [0.15, 0.2) is 103 Å². The fourth-order valence-corrected chi connectivity index (χ4v) is 6.67. The fourth-order valence-electron chi connectivity index (χ4n) is 4.94. The number of nitrogens with one attached hydrogen (secondary N) is 1. The summed E-state index contributed by atoms with van der Waals surface area (Å²) in [4.78, 5) is 19.1. The number of para-hydroxylation sites is 1. The van der Waals surface area contributed by atoms with Crippen molar-refractivity contribution in [3.05, 3.63) is 114 Å². The van der Waals surface area contributed by atoms with E-state index in [2.05, 4.69) is 11.6 Å². The third kappa shape index (κ3) is 4.47. The molecule has 0 spiro atoms. The van der Waals surface area contributed by atoms with Crippen molar-refractivity contribution in [3.63, 3.8) is 0 Å². The van der Waals surface area contributed by atoms with Crippen LogP contribution in [-0.4, -0.2) is 47.1 Å². The Morgan fingerprint density at radius 1 is 1.00 bits per heavy atom. The molecule has 36 heavy (non-hydrogen) atoms. The number of H-pyrrole nitrogens is 1. The number of carbonyl (C=O) groups excluding carboxylic acids is 1. The minimum atomic E-state index is -3.97. The maximum atomic E-state index is 14.0. The summed E-state index contributed by atoms with van der Waals surface area (Å²) in [6.45, 7) is 6.52. The van der Waals surface area contributed by atoms with Gasteiger partial charge in [0.1, 0.15) is 6.04 Å². The highest BCUT2D eigenvalue weighted by atomic mass is 32.2. The zero-order valence-electron chi connectivity index (χ0n) is 20.2. The number of fused-ring (bicyclic) bond motifs is 1. The Morgan fingerprint density at radius 2 is 1.69 bits per heavy atom. The summed E-state index contributed by atoms with van der Waals surface area (Å²) in [5.41, 5.74) is 3.81. The molecule has 3 aromatic carbocycles. The molecule has 6 nitrogen and oxygen atoms in total. The number of nitrogens with zero attached hydrogens (tertiary/aromatic N) is 2. The number of rotatable bonds is 7. The van der Waals surface area contributed by atoms with Gasteiger partial charge in [-0.2, -0.15) is 4.31 Å². The van der Waals surface area contributed by atoms with Crippen molar-refractivity contribution in [2.45, 2.75) is 36.9 Å². The predicted octanol–water partition coefficient (Wildman–Crippen LogP) is 4.68. The van der Waals surface area contributed by atoms with Gasteiger partial charge < -0.3 is 9.88 Å². The molecule has 0 aliphatic carbocycles. The molecule has 1 aromatic heterocycles. The highest BCUT2D eigenvalue weighted by Crippen LogP contribution is 2.31. The second-order valence-electron chi connectivity index (χ2n) is 9.23. The second-order valence-corrected chi connectivity index (χ2v) is 11.1. The summed E-state index contributed by atoms with van der Waals surface area (Å²) in [6.07, 6.45) is 3.76. The van der Waals surface area contributed by atoms with E-state index in [1.54, 1.807) is 35.2 Å². The average molecular weight is 500 g/mol. The van der Waals surface area contributed by atoms with E-state index in [1.165, 1.54) is 4.31 Å². The van der Waals surface area contributed by atoms with E-state index >= 15 is 0 Å². The summed E-state index contributed by atoms with van der Waals surface area (Å²) in [5.74, 6) is -0.210. The Hall–Kier alpha value is -3.68. The average Bonchev–Trinajstić information content (AvgIpc) is 3.29. The normalized spacial score (nSPS) is 19.0. The molecule has 5 rings (SSSR count). The van der Waals surface area contributed by atoms with Crippen molar-refractivity contribution in [1.82, 2.24) is 14.2 Å². The Morgan fingerprint density at radius 3 is 2.42 bits per heavy atom. The lowest BCUT2D eigenvalue weighted by Gasteiger charge is -2.44. The molecule has 0 unspecified atom stereocenters. The number of aromatic nitrogens is 1. The third-order valence-corrected chi connectivity index (χ3v) is 8.76. The standard InChI is InChI=1S/C29H29N3O3S/c1-3-24-20-31(19-22-9-5-4-6-10-22)29(33)28(17-23-18-30-27-12-8-7-11-26(23)27)32(24)36(34,35)25-15-13-21(2)14-16-25/h3-16,18,24,28,30H,1,17,19-20H2,2H3/t24-,28+/m1/s1. The van der Waals surface area contributed by atoms with E-state index in [1.807, 2.05) is 67.7 Å². The molecular formula is C29H29N3O3S. The van der Waals surface area contributed by atoms with Gasteiger partial charge in [0, 0.05) is 36.6 Å². The second kappa shape index (κ2) is 9.76. The van der Waals surface area contributed by atoms with Crippen molar-refractivity contribution in [2.24, 2.45) is 0 Å². The maximum absolute atomic E-state index is 14.0. The predicted molar refractivity (Wildman–Crippen MR) is 142 cm³/mol. The van der Waals surface area contributed by atoms with Gasteiger partial charge in [0.25, 0.3) is 0 Å². The molecule has 184 valence electrons. The Labute approximate surface area is 211 Å². The van der Waals surface area contributed by atoms with Crippen molar-refractivity contribution in [3.8, 4) is 0 Å². The molecule has 1 aliphatic heterocycles. The van der Waals surface area contributed by atoms with Gasteiger partial charge in [0.2, 0.25) is 15.9 Å². The summed E-state index contributed by atoms with van der Waals surface area (Å²) >= 11 is 0. The number of aryl methyl sites for hydroxylation is 1. The van der Waals surface area contributed by atoms with Crippen LogP contribution in [-0.2, 0) is 27.8 Å². The van der Waals surface area contributed by atoms with Crippen LogP contribution in [0, 0.1) is 6.92 Å². The Bertz CT molecular complexity index is 1490. The van der Waals surface area contributed by atoms with Gasteiger partial charge in [-0.3, -0.25) is 4.79 Å². The van der Waals surface area contributed by atoms with Crippen LogP contribution in [0.5, 0.6) is 0 Å². The number of piperazine rings is 1. The van der Waals surface area contributed by atoms with E-state index in [4.69, 9.17) is 0 Å². The first kappa shape index (κ1) is 24.0. The number of hydrogen-bond acceptors (Lipinski definition) is 3. The topological polar surface area (TPSA) is 73.5 Å². The molecule has 0 radical (unpaired) electrons. The SMILES string of the molecule is C=C[C@@H]1CN(Cc2ccccc2)C(=O)[C@H](Cc2c[nH]c3ccccc23)N1S(=O)(=O)c1ccc(C)cc1. The van der Waals surface area contributed by atoms with Gasteiger partial charge in [-0.05, 0) is 36.2 Å². The minimum Gasteiger partial charge on any atom is -0.361 e. The van der Waals surface area contributed by atoms with Crippen LogP contribution < -0.4 is 0 Å². The molecule has 2 atom stereocenters. The van der Waals surface area contributed by atoms with Crippen LogP contribution in [0.1, 0.15) is 16.7 Å². The number of aromatic amines is 1. The zero-order chi connectivity index (χ0) is 25.3. The van der Waals surface area contributed by atoms with E-state index in [0.717, 1.165) is 27.6 Å². The van der Waals surface area contributed by atoms with Crippen LogP contribution in [0.4, 0.5) is 0 Å². The molecular weight excluding hydrogens is 470 g/mol. The van der Waals surface area contributed by atoms with Gasteiger partial charge in [0.05, 0.1) is 10.9 Å². The van der Waals surface area contributed by atoms with Crippen LogP contribution in [0.2, 0.25) is 0 Å². The van der Waals surface area contributed by atoms with Gasteiger partial charge in [-0.1, -0.05) is 72.3 Å². The molecule has 0 saturated carbocycles. The van der Waals surface area contributed by atoms with Crippen LogP contribution in [0.25, 0.3) is 10.9 Å². The van der Waals surface area contributed by atoms with Gasteiger partial charge in [-0.25, -0.2) is 8.42 Å². The lowest BCUT2D eigenvalue weighted by atomic mass is 9.99. The molecule has 1 aliphatic rings. The first-order chi connectivity index (χ1) is 17.4. The van der Waals surface area contributed by atoms with Crippen molar-refractivity contribution in [2.75, 3.05) is 6.54 Å². The minimum absolute atomic E-state index is 0.174. The van der Waals surface area contributed by atoms with E-state index < -0.39 is 22.1 Å². The molecule has 4 aromatic rings. The number of carbonyl (C=O) groups is 1. The van der Waals surface area contributed by atoms with Crippen molar-refractivity contribution < 1.29 is 13.2 Å². The largest absolute Gasteiger partial charge is 0.361 e. The summed E-state index contributed by atoms with van der Waals surface area (Å²) in [6, 6.07) is 22.9. The molecule has 7 heteroatoms. The van der Waals surface area contributed by atoms with Crippen molar-refractivity contribution >= 4 is 26.8 Å². The van der Waals surface area contributed by atoms with Crippen LogP contribution in [0.3, 0.4) is 0 Å². The van der Waals surface area contributed by atoms with E-state index in [0.29, 0.717) is 6.54 Å². The van der Waals surface area contributed by atoms with Gasteiger partial charge in [0.15, 0.2) is 0 Å². The van der Waals surface area contributed by atoms with Crippen molar-refractivity contribution in [1.29, 1.82) is 0 Å². The van der Waals surface area contributed by atoms with Gasteiger partial charge >= 0.3 is 0 Å². The van der Waals surface area contributed by atoms with E-state index in [9.17, 15) is 13.2 Å². The maximum Gasteiger partial charge on any atom is 0.244 e. The molecule has 1 amide bonds. The highest BCUT2D eigenvalue weighted by Gasteiger charge is 2.46. The summed E-state index contributed by atoms with van der Waals surface area (Å²) in [7, 11) is -3.97. The summed E-state index contributed by atoms with van der Waals surface area (Å²) in [5, 5.41) is 0.980. The first-order valence-electron chi connectivity index (χ1n) is 12.0. The first-order valence-corrected chi connectivity index (χ1v) is 13.4. The van der Waals surface area contributed by atoms with E-state index in [-0.39, 0.29) is 23.8 Å². The van der Waals surface area contributed by atoms with Gasteiger partial charge in [-0.15, -0.1) is 6.58 Å². The number of amides is 1. The Kier molecular flexibility index (Phi) is 6.51. The lowest BCUT2D eigenvalue weighted by molar-refractivity contribution is -0.140. The molecule has 0 bridgehead atoms. The monoisotopic (exact) mass is 499 g/mol. The smallest absolute Gasteiger partial charge is 0.244 e. The lowest BCUT2D eigenvalue weighted by Crippen LogP contribution is -2.63.